The van der Waals surface area contributed by atoms with E-state index in [1.807, 2.05) is 27.7 Å². The van der Waals surface area contributed by atoms with E-state index in [0.717, 1.165) is 5.56 Å². The molecule has 6 heteroatoms. The van der Waals surface area contributed by atoms with Crippen LogP contribution in [0.3, 0.4) is 0 Å². The highest BCUT2D eigenvalue weighted by molar-refractivity contribution is 9.10. The van der Waals surface area contributed by atoms with Crippen LogP contribution in [-0.4, -0.2) is 9.97 Å². The van der Waals surface area contributed by atoms with Crippen LogP contribution in [0.5, 0.6) is 0 Å². The minimum Gasteiger partial charge on any atom is -0.384 e. The summed E-state index contributed by atoms with van der Waals surface area (Å²) in [6.07, 6.45) is 0. The van der Waals surface area contributed by atoms with Crippen molar-refractivity contribution >= 4 is 33.3 Å². The fourth-order valence-corrected chi connectivity index (χ4v) is 2.24. The van der Waals surface area contributed by atoms with Crippen LogP contribution in [0.2, 0.25) is 0 Å². The van der Waals surface area contributed by atoms with Crippen LogP contribution >= 0.6 is 15.9 Å². The number of nitrogens with one attached hydrogen (secondary N) is 1. The minimum atomic E-state index is -0.332. The Hall–Kier alpha value is -1.69. The van der Waals surface area contributed by atoms with Gasteiger partial charge < -0.3 is 11.1 Å². The summed E-state index contributed by atoms with van der Waals surface area (Å²) >= 11 is 3.17. The van der Waals surface area contributed by atoms with Gasteiger partial charge in [0.05, 0.1) is 4.47 Å². The van der Waals surface area contributed by atoms with Crippen molar-refractivity contribution in [2.45, 2.75) is 33.1 Å². The summed E-state index contributed by atoms with van der Waals surface area (Å²) in [5, 5.41) is 3.10. The molecule has 0 aliphatic carbocycles. The highest BCUT2D eigenvalue weighted by Gasteiger charge is 2.19. The van der Waals surface area contributed by atoms with Crippen molar-refractivity contribution in [3.05, 3.63) is 39.9 Å². The van der Waals surface area contributed by atoms with Crippen LogP contribution in [0, 0.1) is 12.7 Å². The van der Waals surface area contributed by atoms with Crippen LogP contribution in [-0.2, 0) is 5.41 Å². The highest BCUT2D eigenvalue weighted by Crippen LogP contribution is 2.27. The van der Waals surface area contributed by atoms with Crippen molar-refractivity contribution in [1.29, 1.82) is 0 Å². The SMILES string of the molecule is Cc1cc(Br)c(F)cc1Nc1cc(N)nc(C(C)(C)C)n1. The van der Waals surface area contributed by atoms with Gasteiger partial charge in [-0.15, -0.1) is 0 Å². The van der Waals surface area contributed by atoms with Gasteiger partial charge in [-0.3, -0.25) is 0 Å². The van der Waals surface area contributed by atoms with Crippen LogP contribution in [0.15, 0.2) is 22.7 Å². The van der Waals surface area contributed by atoms with Crippen molar-refractivity contribution in [2.75, 3.05) is 11.1 Å². The molecule has 0 fully saturated rings. The summed E-state index contributed by atoms with van der Waals surface area (Å²) in [7, 11) is 0. The summed E-state index contributed by atoms with van der Waals surface area (Å²) in [5.74, 6) is 1.24. The maximum absolute atomic E-state index is 13.7. The Kier molecular flexibility index (Phi) is 4.18. The number of aryl methyl sites for hydroxylation is 1. The Morgan fingerprint density at radius 2 is 1.86 bits per heavy atom. The van der Waals surface area contributed by atoms with Gasteiger partial charge in [0.1, 0.15) is 23.3 Å². The third-order valence-corrected chi connectivity index (χ3v) is 3.55. The number of benzene rings is 1. The number of aromatic nitrogens is 2. The van der Waals surface area contributed by atoms with Crippen molar-refractivity contribution < 1.29 is 4.39 Å². The molecule has 2 aromatic rings. The Morgan fingerprint density at radius 3 is 2.48 bits per heavy atom. The first kappa shape index (κ1) is 15.7. The fraction of sp³-hybridized carbons (Fsp3) is 0.333. The maximum Gasteiger partial charge on any atom is 0.139 e. The second-order valence-electron chi connectivity index (χ2n) is 5.96. The molecule has 3 N–H and O–H groups in total. The number of nitrogens with zero attached hydrogens (tertiary/aromatic N) is 2. The molecule has 1 aromatic carbocycles. The molecule has 0 aliphatic rings. The molecule has 0 atom stereocenters. The molecule has 112 valence electrons. The van der Waals surface area contributed by atoms with Crippen molar-refractivity contribution in [3.63, 3.8) is 0 Å². The molecule has 0 amide bonds. The highest BCUT2D eigenvalue weighted by atomic mass is 79.9. The molecular formula is C15H18BrFN4. The molecule has 0 aliphatic heterocycles. The first-order valence-corrected chi connectivity index (χ1v) is 7.34. The van der Waals surface area contributed by atoms with E-state index >= 15 is 0 Å². The zero-order valence-electron chi connectivity index (χ0n) is 12.5. The molecule has 0 bridgehead atoms. The third-order valence-electron chi connectivity index (χ3n) is 2.95. The molecule has 1 aromatic heterocycles. The molecule has 2 rings (SSSR count). The number of rotatable bonds is 2. The van der Waals surface area contributed by atoms with Gasteiger partial charge >= 0.3 is 0 Å². The van der Waals surface area contributed by atoms with E-state index in [2.05, 4.69) is 31.2 Å². The lowest BCUT2D eigenvalue weighted by Gasteiger charge is -2.18. The average molecular weight is 353 g/mol. The van der Waals surface area contributed by atoms with Gasteiger partial charge in [0, 0.05) is 17.2 Å². The summed E-state index contributed by atoms with van der Waals surface area (Å²) in [6.45, 7) is 7.92. The number of hydrogen-bond acceptors (Lipinski definition) is 4. The van der Waals surface area contributed by atoms with Gasteiger partial charge in [0.25, 0.3) is 0 Å². The Morgan fingerprint density at radius 1 is 1.19 bits per heavy atom. The van der Waals surface area contributed by atoms with E-state index in [9.17, 15) is 4.39 Å². The Labute approximate surface area is 132 Å². The normalized spacial score (nSPS) is 11.5. The first-order valence-electron chi connectivity index (χ1n) is 6.54. The van der Waals surface area contributed by atoms with Crippen LogP contribution in [0.25, 0.3) is 0 Å². The zero-order chi connectivity index (χ0) is 15.8. The topological polar surface area (TPSA) is 63.8 Å². The predicted octanol–water partition coefficient (Wildman–Crippen LogP) is 4.31. The lowest BCUT2D eigenvalue weighted by atomic mass is 9.96. The van der Waals surface area contributed by atoms with E-state index in [1.54, 1.807) is 12.1 Å². The number of halogens is 2. The van der Waals surface area contributed by atoms with E-state index in [-0.39, 0.29) is 11.2 Å². The van der Waals surface area contributed by atoms with Crippen LogP contribution in [0.1, 0.15) is 32.2 Å². The summed E-state index contributed by atoms with van der Waals surface area (Å²) in [6, 6.07) is 4.77. The van der Waals surface area contributed by atoms with Crippen LogP contribution in [0.4, 0.5) is 21.7 Å². The monoisotopic (exact) mass is 352 g/mol. The van der Waals surface area contributed by atoms with E-state index < -0.39 is 0 Å². The molecule has 0 saturated carbocycles. The third kappa shape index (κ3) is 3.69. The average Bonchev–Trinajstić information content (AvgIpc) is 2.34. The summed E-state index contributed by atoms with van der Waals surface area (Å²) in [5.41, 5.74) is 7.16. The number of nitrogen functional groups attached to an aromatic ring is 1. The van der Waals surface area contributed by atoms with Gasteiger partial charge in [-0.05, 0) is 40.5 Å². The second kappa shape index (κ2) is 5.60. The Balaban J connectivity index is 2.40. The van der Waals surface area contributed by atoms with Gasteiger partial charge in [-0.25, -0.2) is 14.4 Å². The van der Waals surface area contributed by atoms with E-state index in [0.29, 0.717) is 27.6 Å². The molecule has 1 heterocycles. The van der Waals surface area contributed by atoms with Crippen molar-refractivity contribution in [2.24, 2.45) is 0 Å². The van der Waals surface area contributed by atoms with Gasteiger partial charge in [-0.1, -0.05) is 20.8 Å². The predicted molar refractivity (Wildman–Crippen MR) is 87.3 cm³/mol. The molecule has 0 saturated heterocycles. The maximum atomic E-state index is 13.7. The number of nitrogens with two attached hydrogens (primary N) is 1. The number of hydrogen-bond donors (Lipinski definition) is 2. The lowest BCUT2D eigenvalue weighted by molar-refractivity contribution is 0.547. The number of anilines is 3. The molecular weight excluding hydrogens is 335 g/mol. The van der Waals surface area contributed by atoms with E-state index in [1.165, 1.54) is 6.07 Å². The fourth-order valence-electron chi connectivity index (χ4n) is 1.78. The molecule has 0 spiro atoms. The summed E-state index contributed by atoms with van der Waals surface area (Å²) in [4.78, 5) is 8.70. The lowest BCUT2D eigenvalue weighted by Crippen LogP contribution is -2.17. The summed E-state index contributed by atoms with van der Waals surface area (Å²) < 4.78 is 14.1. The molecule has 0 radical (unpaired) electrons. The van der Waals surface area contributed by atoms with Gasteiger partial charge in [0.15, 0.2) is 0 Å². The van der Waals surface area contributed by atoms with Crippen LogP contribution < -0.4 is 11.1 Å². The molecule has 21 heavy (non-hydrogen) atoms. The minimum absolute atomic E-state index is 0.216. The van der Waals surface area contributed by atoms with E-state index in [4.69, 9.17) is 5.73 Å². The standard InChI is InChI=1S/C15H18BrFN4/c1-8-5-9(16)10(17)6-11(8)19-13-7-12(18)20-14(21-13)15(2,3)4/h5-7H,1-4H3,(H3,18,19,20,21). The first-order chi connectivity index (χ1) is 9.66. The molecule has 4 nitrogen and oxygen atoms in total. The largest absolute Gasteiger partial charge is 0.384 e. The zero-order valence-corrected chi connectivity index (χ0v) is 14.0. The smallest absolute Gasteiger partial charge is 0.139 e. The van der Waals surface area contributed by atoms with Gasteiger partial charge in [-0.2, -0.15) is 0 Å². The van der Waals surface area contributed by atoms with Crippen molar-refractivity contribution in [1.82, 2.24) is 9.97 Å². The Bertz CT molecular complexity index is 680. The molecule has 0 unspecified atom stereocenters. The van der Waals surface area contributed by atoms with Crippen molar-refractivity contribution in [3.8, 4) is 0 Å². The second-order valence-corrected chi connectivity index (χ2v) is 6.81. The quantitative estimate of drug-likeness (QED) is 0.845. The van der Waals surface area contributed by atoms with Gasteiger partial charge in [0.2, 0.25) is 0 Å².